The maximum absolute atomic E-state index is 12.7. The van der Waals surface area contributed by atoms with Gasteiger partial charge in [-0.3, -0.25) is 4.79 Å². The zero-order valence-electron chi connectivity index (χ0n) is 17.6. The number of methoxy groups -OCH3 is 1. The molecule has 2 heterocycles. The highest BCUT2D eigenvalue weighted by Gasteiger charge is 2.17. The molecular weight excluding hydrogens is 434 g/mol. The highest BCUT2D eigenvalue weighted by atomic mass is 35.5. The minimum absolute atomic E-state index is 0.155. The number of hydrogen-bond donors (Lipinski definition) is 1. The minimum atomic E-state index is -0.495. The molecule has 0 fully saturated rings. The Kier molecular flexibility index (Phi) is 5.83. The van der Waals surface area contributed by atoms with Gasteiger partial charge in [0.2, 0.25) is 11.6 Å². The average Bonchev–Trinajstić information content (AvgIpc) is 3.08. The lowest BCUT2D eigenvalue weighted by molar-refractivity contribution is -0.117. The number of fused-ring (bicyclic) bond motifs is 1. The number of ether oxygens (including phenoxy) is 2. The Bertz CT molecular complexity index is 1360. The van der Waals surface area contributed by atoms with Gasteiger partial charge in [0, 0.05) is 23.5 Å². The Hall–Kier alpha value is -3.85. The van der Waals surface area contributed by atoms with Gasteiger partial charge in [0.15, 0.2) is 0 Å². The van der Waals surface area contributed by atoms with Crippen LogP contribution < -0.4 is 20.5 Å². The number of hydrogen-bond acceptors (Lipinski definition) is 6. The molecule has 0 aliphatic heterocycles. The standard InChI is InChI=1S/C22H20ClN5O4/c1-13-4-6-15(7-5-13)32-21-20-26-28(22(30)27(20)9-8-24-21)12-19(29)25-17-10-14(2)16(23)11-18(17)31-3/h4-11H,12H2,1-3H3,(H,25,29). The number of amides is 1. The number of aromatic nitrogens is 4. The van der Waals surface area contributed by atoms with Crippen LogP contribution in [-0.2, 0) is 11.3 Å². The highest BCUT2D eigenvalue weighted by molar-refractivity contribution is 6.31. The summed E-state index contributed by atoms with van der Waals surface area (Å²) in [6.45, 7) is 3.47. The third-order valence-corrected chi connectivity index (χ3v) is 5.16. The Morgan fingerprint density at radius 1 is 1.19 bits per heavy atom. The lowest BCUT2D eigenvalue weighted by Gasteiger charge is -2.12. The van der Waals surface area contributed by atoms with Crippen LogP contribution in [0.4, 0.5) is 5.69 Å². The normalized spacial score (nSPS) is 10.9. The molecule has 0 radical (unpaired) electrons. The van der Waals surface area contributed by atoms with Crippen LogP contribution in [0.3, 0.4) is 0 Å². The molecule has 4 aromatic rings. The Morgan fingerprint density at radius 2 is 1.94 bits per heavy atom. The van der Waals surface area contributed by atoms with Crippen molar-refractivity contribution >= 4 is 28.8 Å². The van der Waals surface area contributed by atoms with Gasteiger partial charge in [-0.2, -0.15) is 0 Å². The third kappa shape index (κ3) is 4.28. The molecule has 0 spiro atoms. The summed E-state index contributed by atoms with van der Waals surface area (Å²) in [4.78, 5) is 29.6. The van der Waals surface area contributed by atoms with E-state index in [0.717, 1.165) is 15.8 Å². The number of nitrogens with one attached hydrogen (secondary N) is 1. The summed E-state index contributed by atoms with van der Waals surface area (Å²) in [6, 6.07) is 10.7. The van der Waals surface area contributed by atoms with Gasteiger partial charge >= 0.3 is 5.69 Å². The Labute approximate surface area is 188 Å². The molecule has 0 saturated carbocycles. The second kappa shape index (κ2) is 8.72. The quantitative estimate of drug-likeness (QED) is 0.479. The van der Waals surface area contributed by atoms with E-state index in [2.05, 4.69) is 15.4 Å². The Balaban J connectivity index is 1.59. The van der Waals surface area contributed by atoms with Crippen molar-refractivity contribution < 1.29 is 14.3 Å². The predicted molar refractivity (Wildman–Crippen MR) is 120 cm³/mol. The molecule has 1 N–H and O–H groups in total. The number of aryl methyl sites for hydroxylation is 2. The second-order valence-corrected chi connectivity index (χ2v) is 7.54. The first-order valence-electron chi connectivity index (χ1n) is 9.68. The predicted octanol–water partition coefficient (Wildman–Crippen LogP) is 3.60. The molecule has 0 bridgehead atoms. The van der Waals surface area contributed by atoms with E-state index in [1.54, 1.807) is 24.3 Å². The van der Waals surface area contributed by atoms with E-state index in [1.165, 1.54) is 23.9 Å². The van der Waals surface area contributed by atoms with Crippen molar-refractivity contribution in [2.24, 2.45) is 0 Å². The zero-order chi connectivity index (χ0) is 22.8. The van der Waals surface area contributed by atoms with Crippen LogP contribution in [0.15, 0.2) is 53.6 Å². The second-order valence-electron chi connectivity index (χ2n) is 7.13. The van der Waals surface area contributed by atoms with Gasteiger partial charge in [0.1, 0.15) is 18.0 Å². The molecular formula is C22H20ClN5O4. The molecule has 0 atom stereocenters. The molecule has 4 rings (SSSR count). The summed E-state index contributed by atoms with van der Waals surface area (Å²) in [5, 5.41) is 7.50. The smallest absolute Gasteiger partial charge is 0.351 e. The number of carbonyl (C=O) groups excluding carboxylic acids is 1. The van der Waals surface area contributed by atoms with E-state index in [4.69, 9.17) is 21.1 Å². The summed E-state index contributed by atoms with van der Waals surface area (Å²) >= 11 is 6.11. The first kappa shape index (κ1) is 21.4. The molecule has 0 unspecified atom stereocenters. The van der Waals surface area contributed by atoms with Crippen molar-refractivity contribution in [3.8, 4) is 17.4 Å². The molecule has 2 aromatic heterocycles. The van der Waals surface area contributed by atoms with Crippen LogP contribution in [0.5, 0.6) is 17.4 Å². The van der Waals surface area contributed by atoms with Gasteiger partial charge < -0.3 is 14.8 Å². The SMILES string of the molecule is COc1cc(Cl)c(C)cc1NC(=O)Cn1nc2c(Oc3ccc(C)cc3)nccn2c1=O. The number of nitrogens with zero attached hydrogens (tertiary/aromatic N) is 4. The van der Waals surface area contributed by atoms with Crippen LogP contribution in [0, 0.1) is 13.8 Å². The lowest BCUT2D eigenvalue weighted by Crippen LogP contribution is -2.28. The van der Waals surface area contributed by atoms with Crippen LogP contribution in [0.2, 0.25) is 5.02 Å². The first-order chi connectivity index (χ1) is 15.4. The van der Waals surface area contributed by atoms with Gasteiger partial charge in [-0.15, -0.1) is 5.10 Å². The molecule has 9 nitrogen and oxygen atoms in total. The molecule has 1 amide bonds. The number of carbonyl (C=O) groups is 1. The van der Waals surface area contributed by atoms with Gasteiger partial charge in [-0.25, -0.2) is 18.9 Å². The fraction of sp³-hybridized carbons (Fsp3) is 0.182. The van der Waals surface area contributed by atoms with Gasteiger partial charge in [0.05, 0.1) is 12.8 Å². The van der Waals surface area contributed by atoms with E-state index in [-0.39, 0.29) is 18.1 Å². The maximum Gasteiger partial charge on any atom is 0.351 e. The zero-order valence-corrected chi connectivity index (χ0v) is 18.4. The highest BCUT2D eigenvalue weighted by Crippen LogP contribution is 2.31. The van der Waals surface area contributed by atoms with Gasteiger partial charge in [-0.1, -0.05) is 29.3 Å². The molecule has 10 heteroatoms. The number of rotatable bonds is 6. The Morgan fingerprint density at radius 3 is 2.66 bits per heavy atom. The van der Waals surface area contributed by atoms with E-state index in [9.17, 15) is 9.59 Å². The van der Waals surface area contributed by atoms with Crippen molar-refractivity contribution in [2.75, 3.05) is 12.4 Å². The van der Waals surface area contributed by atoms with Gasteiger partial charge in [0.25, 0.3) is 5.88 Å². The van der Waals surface area contributed by atoms with Crippen molar-refractivity contribution in [2.45, 2.75) is 20.4 Å². The minimum Gasteiger partial charge on any atom is -0.495 e. The maximum atomic E-state index is 12.7. The van der Waals surface area contributed by atoms with Crippen molar-refractivity contribution in [3.63, 3.8) is 0 Å². The fourth-order valence-corrected chi connectivity index (χ4v) is 3.23. The summed E-state index contributed by atoms with van der Waals surface area (Å²) in [6.07, 6.45) is 2.90. The van der Waals surface area contributed by atoms with Gasteiger partial charge in [-0.05, 0) is 37.6 Å². The van der Waals surface area contributed by atoms with Crippen molar-refractivity contribution in [1.29, 1.82) is 0 Å². The van der Waals surface area contributed by atoms with E-state index in [1.807, 2.05) is 26.0 Å². The number of halogens is 1. The fourth-order valence-electron chi connectivity index (χ4n) is 3.07. The molecule has 164 valence electrons. The largest absolute Gasteiger partial charge is 0.495 e. The number of benzene rings is 2. The monoisotopic (exact) mass is 453 g/mol. The molecule has 0 aliphatic carbocycles. The summed E-state index contributed by atoms with van der Waals surface area (Å²) in [5.41, 5.74) is 2.01. The third-order valence-electron chi connectivity index (χ3n) is 4.75. The van der Waals surface area contributed by atoms with E-state index in [0.29, 0.717) is 22.2 Å². The van der Waals surface area contributed by atoms with Crippen molar-refractivity contribution in [3.05, 3.63) is 75.4 Å². The van der Waals surface area contributed by atoms with Crippen molar-refractivity contribution in [1.82, 2.24) is 19.2 Å². The summed E-state index contributed by atoms with van der Waals surface area (Å²) in [7, 11) is 1.48. The summed E-state index contributed by atoms with van der Waals surface area (Å²) in [5.74, 6) is 0.669. The first-order valence-corrected chi connectivity index (χ1v) is 10.1. The average molecular weight is 454 g/mol. The lowest BCUT2D eigenvalue weighted by atomic mass is 10.2. The van der Waals surface area contributed by atoms with E-state index < -0.39 is 11.6 Å². The van der Waals surface area contributed by atoms with Crippen LogP contribution in [0.25, 0.3) is 5.65 Å². The van der Waals surface area contributed by atoms with Crippen LogP contribution in [-0.4, -0.2) is 32.2 Å². The molecule has 32 heavy (non-hydrogen) atoms. The molecule has 0 saturated heterocycles. The molecule has 2 aromatic carbocycles. The number of anilines is 1. The molecule has 0 aliphatic rings. The summed E-state index contributed by atoms with van der Waals surface area (Å²) < 4.78 is 13.4. The van der Waals surface area contributed by atoms with Crippen LogP contribution in [0.1, 0.15) is 11.1 Å². The topological polar surface area (TPSA) is 99.8 Å². The van der Waals surface area contributed by atoms with E-state index >= 15 is 0 Å². The van der Waals surface area contributed by atoms with Crippen LogP contribution >= 0.6 is 11.6 Å².